The van der Waals surface area contributed by atoms with Crippen LogP contribution in [0.3, 0.4) is 0 Å². The van der Waals surface area contributed by atoms with Gasteiger partial charge in [-0.25, -0.2) is 4.79 Å². The summed E-state index contributed by atoms with van der Waals surface area (Å²) in [5.74, 6) is 0.586. The fraction of sp³-hybridized carbons (Fsp3) is 0.333. The van der Waals surface area contributed by atoms with E-state index in [1.807, 2.05) is 19.1 Å². The smallest absolute Gasteiger partial charge is 0.407 e. The van der Waals surface area contributed by atoms with E-state index in [0.29, 0.717) is 49.4 Å². The second kappa shape index (κ2) is 7.64. The third-order valence-corrected chi connectivity index (χ3v) is 6.63. The van der Waals surface area contributed by atoms with Gasteiger partial charge >= 0.3 is 16.2 Å². The van der Waals surface area contributed by atoms with Crippen LogP contribution in [-0.2, 0) is 14.4 Å². The number of nitrogens with zero attached hydrogens (tertiary/aromatic N) is 2. The first kappa shape index (κ1) is 20.2. The number of rotatable bonds is 3. The lowest BCUT2D eigenvalue weighted by Gasteiger charge is -2.43. The van der Waals surface area contributed by atoms with Crippen molar-refractivity contribution in [3.8, 4) is 5.75 Å². The van der Waals surface area contributed by atoms with Crippen LogP contribution in [0, 0.1) is 6.92 Å². The highest BCUT2D eigenvalue weighted by Crippen LogP contribution is 2.39. The Balaban J connectivity index is 1.61. The molecule has 1 saturated heterocycles. The number of piperidine rings is 1. The normalized spacial score (nSPS) is 19.2. The van der Waals surface area contributed by atoms with Crippen LogP contribution in [-0.4, -0.2) is 48.9 Å². The maximum atomic E-state index is 12.6. The Bertz CT molecular complexity index is 1090. The van der Waals surface area contributed by atoms with Crippen LogP contribution < -0.4 is 4.74 Å². The van der Waals surface area contributed by atoms with E-state index in [4.69, 9.17) is 9.02 Å². The van der Waals surface area contributed by atoms with Crippen LogP contribution in [0.2, 0.25) is 0 Å². The second-order valence-electron chi connectivity index (χ2n) is 7.61. The molecule has 4 rings (SSSR count). The number of hydrogen-bond acceptors (Lipinski definition) is 6. The van der Waals surface area contributed by atoms with Gasteiger partial charge in [0.25, 0.3) is 0 Å². The number of aryl methyl sites for hydroxylation is 1. The van der Waals surface area contributed by atoms with E-state index in [0.717, 1.165) is 5.56 Å². The lowest BCUT2D eigenvalue weighted by Crippen LogP contribution is -2.52. The van der Waals surface area contributed by atoms with Crippen LogP contribution in [0.1, 0.15) is 30.4 Å². The van der Waals surface area contributed by atoms with Crippen molar-refractivity contribution in [3.05, 3.63) is 59.7 Å². The van der Waals surface area contributed by atoms with Crippen molar-refractivity contribution in [2.24, 2.45) is 5.16 Å². The average Bonchev–Trinajstić information content (AvgIpc) is 2.73. The molecule has 0 atom stereocenters. The molecule has 8 nitrogen and oxygen atoms in total. The van der Waals surface area contributed by atoms with E-state index < -0.39 is 21.8 Å². The van der Waals surface area contributed by atoms with Gasteiger partial charge in [0.15, 0.2) is 0 Å². The first-order valence-corrected chi connectivity index (χ1v) is 11.0. The monoisotopic (exact) mass is 430 g/mol. The molecule has 2 aromatic rings. The van der Waals surface area contributed by atoms with E-state index >= 15 is 0 Å². The van der Waals surface area contributed by atoms with Gasteiger partial charge < -0.3 is 14.7 Å². The maximum Gasteiger partial charge on any atom is 0.407 e. The number of carbonyl (C=O) groups is 1. The van der Waals surface area contributed by atoms with Gasteiger partial charge in [-0.3, -0.25) is 4.28 Å². The molecule has 2 heterocycles. The van der Waals surface area contributed by atoms with Crippen LogP contribution in [0.15, 0.2) is 58.6 Å². The van der Waals surface area contributed by atoms with Crippen molar-refractivity contribution in [1.29, 1.82) is 0 Å². The summed E-state index contributed by atoms with van der Waals surface area (Å²) in [6.07, 6.45) is 0.345. The lowest BCUT2D eigenvalue weighted by atomic mass is 9.82. The van der Waals surface area contributed by atoms with Crippen LogP contribution >= 0.6 is 0 Å². The highest BCUT2D eigenvalue weighted by molar-refractivity contribution is 7.86. The summed E-state index contributed by atoms with van der Waals surface area (Å²) in [4.78, 5) is 12.6. The number of fused-ring (bicyclic) bond motifs is 1. The van der Waals surface area contributed by atoms with E-state index in [1.54, 1.807) is 24.3 Å². The number of hydrogen-bond donors (Lipinski definition) is 1. The minimum Gasteiger partial charge on any atom is -0.486 e. The maximum absolute atomic E-state index is 12.6. The molecule has 1 amide bonds. The Hall–Kier alpha value is -3.07. The largest absolute Gasteiger partial charge is 0.486 e. The van der Waals surface area contributed by atoms with E-state index in [2.05, 4.69) is 5.16 Å². The third-order valence-electron chi connectivity index (χ3n) is 5.51. The van der Waals surface area contributed by atoms with Gasteiger partial charge in [0.1, 0.15) is 16.2 Å². The van der Waals surface area contributed by atoms with Gasteiger partial charge in [-0.1, -0.05) is 35.0 Å². The van der Waals surface area contributed by atoms with Crippen molar-refractivity contribution in [3.63, 3.8) is 0 Å². The van der Waals surface area contributed by atoms with E-state index in [9.17, 15) is 18.3 Å². The highest BCUT2D eigenvalue weighted by Gasteiger charge is 2.43. The third kappa shape index (κ3) is 3.97. The molecule has 2 aromatic carbocycles. The number of para-hydroxylation sites is 1. The fourth-order valence-corrected chi connectivity index (χ4v) is 4.52. The van der Waals surface area contributed by atoms with Gasteiger partial charge in [-0.05, 0) is 31.2 Å². The zero-order valence-corrected chi connectivity index (χ0v) is 17.3. The standard InChI is InChI=1S/C21H22N2O6S/c1-15-6-8-16(9-7-15)30(26,27)29-22-18-14-21(10-12-23(13-11-21)20(24)25)28-19-5-3-2-4-17(18)19/h2-9H,10-14H2,1H3,(H,24,25). The Morgan fingerprint density at radius 2 is 1.80 bits per heavy atom. The summed E-state index contributed by atoms with van der Waals surface area (Å²) in [5, 5.41) is 13.2. The van der Waals surface area contributed by atoms with Gasteiger partial charge in [0.2, 0.25) is 0 Å². The Morgan fingerprint density at radius 1 is 1.13 bits per heavy atom. The molecule has 1 N–H and O–H groups in total. The summed E-state index contributed by atoms with van der Waals surface area (Å²) < 4.78 is 36.4. The van der Waals surface area contributed by atoms with Crippen molar-refractivity contribution < 1.29 is 27.3 Å². The molecule has 158 valence electrons. The molecule has 2 aliphatic rings. The van der Waals surface area contributed by atoms with E-state index in [1.165, 1.54) is 17.0 Å². The minimum atomic E-state index is -4.06. The van der Waals surface area contributed by atoms with Crippen molar-refractivity contribution in [2.45, 2.75) is 36.7 Å². The molecule has 0 saturated carbocycles. The average molecular weight is 430 g/mol. The quantitative estimate of drug-likeness (QED) is 0.748. The lowest BCUT2D eigenvalue weighted by molar-refractivity contribution is 0.00637. The molecule has 0 aromatic heterocycles. The molecular formula is C21H22N2O6S. The molecule has 0 unspecified atom stereocenters. The predicted molar refractivity (Wildman–Crippen MR) is 109 cm³/mol. The molecular weight excluding hydrogens is 408 g/mol. The number of carboxylic acid groups (broad SMARTS) is 1. The Kier molecular flexibility index (Phi) is 5.15. The SMILES string of the molecule is Cc1ccc(S(=O)(=O)ON=C2CC3(CCN(C(=O)O)CC3)Oc3ccccc32)cc1. The minimum absolute atomic E-state index is 0.0299. The first-order valence-electron chi connectivity index (χ1n) is 9.62. The van der Waals surface area contributed by atoms with Crippen molar-refractivity contribution >= 4 is 21.9 Å². The zero-order chi connectivity index (χ0) is 21.4. The van der Waals surface area contributed by atoms with E-state index in [-0.39, 0.29) is 4.90 Å². The zero-order valence-electron chi connectivity index (χ0n) is 16.4. The molecule has 2 aliphatic heterocycles. The predicted octanol–water partition coefficient (Wildman–Crippen LogP) is 3.40. The molecule has 30 heavy (non-hydrogen) atoms. The number of likely N-dealkylation sites (tertiary alicyclic amines) is 1. The number of oxime groups is 1. The second-order valence-corrected chi connectivity index (χ2v) is 9.14. The van der Waals surface area contributed by atoms with Gasteiger partial charge in [-0.15, -0.1) is 0 Å². The molecule has 1 fully saturated rings. The highest BCUT2D eigenvalue weighted by atomic mass is 32.2. The summed E-state index contributed by atoms with van der Waals surface area (Å²) >= 11 is 0. The molecule has 1 spiro atoms. The van der Waals surface area contributed by atoms with Gasteiger partial charge in [-0.2, -0.15) is 8.42 Å². The van der Waals surface area contributed by atoms with Gasteiger partial charge in [0, 0.05) is 37.9 Å². The Morgan fingerprint density at radius 3 is 2.47 bits per heavy atom. The molecule has 0 radical (unpaired) electrons. The van der Waals surface area contributed by atoms with Crippen molar-refractivity contribution in [1.82, 2.24) is 4.90 Å². The molecule has 0 bridgehead atoms. The number of ether oxygens (including phenoxy) is 1. The number of amides is 1. The topological polar surface area (TPSA) is 106 Å². The molecule has 0 aliphatic carbocycles. The van der Waals surface area contributed by atoms with Crippen molar-refractivity contribution in [2.75, 3.05) is 13.1 Å². The molecule has 9 heteroatoms. The fourth-order valence-electron chi connectivity index (χ4n) is 3.77. The van der Waals surface area contributed by atoms with Crippen LogP contribution in [0.4, 0.5) is 4.79 Å². The summed E-state index contributed by atoms with van der Waals surface area (Å²) in [6, 6.07) is 13.6. The summed E-state index contributed by atoms with van der Waals surface area (Å²) in [5.41, 5.74) is 1.43. The van der Waals surface area contributed by atoms with Crippen LogP contribution in [0.25, 0.3) is 0 Å². The Labute approximate surface area is 174 Å². The van der Waals surface area contributed by atoms with Gasteiger partial charge in [0.05, 0.1) is 5.71 Å². The summed E-state index contributed by atoms with van der Waals surface area (Å²) in [7, 11) is -4.06. The summed E-state index contributed by atoms with van der Waals surface area (Å²) in [6.45, 7) is 2.55. The first-order chi connectivity index (χ1) is 14.3. The van der Waals surface area contributed by atoms with Crippen LogP contribution in [0.5, 0.6) is 5.75 Å². The number of benzene rings is 2.